The fourth-order valence-electron chi connectivity index (χ4n) is 7.61. The third-order valence-corrected chi connectivity index (χ3v) is 11.8. The molecule has 0 saturated heterocycles. The van der Waals surface area contributed by atoms with Gasteiger partial charge in [0.15, 0.2) is 5.90 Å². The van der Waals surface area contributed by atoms with Gasteiger partial charge in [0, 0.05) is 43.5 Å². The van der Waals surface area contributed by atoms with Crippen molar-refractivity contribution < 1.29 is 80.9 Å². The van der Waals surface area contributed by atoms with Gasteiger partial charge in [-0.25, -0.2) is 24.0 Å². The number of carbonyl (C=O) groups is 6. The molecule has 19 nitrogen and oxygen atoms in total. The topological polar surface area (TPSA) is 240 Å². The molecule has 1 aliphatic carbocycles. The summed E-state index contributed by atoms with van der Waals surface area (Å²) in [6, 6.07) is 21.8. The van der Waals surface area contributed by atoms with Crippen LogP contribution in [0, 0.1) is 17.2 Å². The van der Waals surface area contributed by atoms with Crippen molar-refractivity contribution in [2.45, 2.75) is 65.2 Å². The first kappa shape index (κ1) is 60.6. The second kappa shape index (κ2) is 33.0. The number of rotatable bonds is 33. The zero-order valence-corrected chi connectivity index (χ0v) is 44.2. The number of ether oxygens (including phenoxy) is 11. The van der Waals surface area contributed by atoms with Crippen LogP contribution in [0.1, 0.15) is 102 Å². The Morgan fingerprint density at radius 2 is 1.04 bits per heavy atom. The lowest BCUT2D eigenvalue weighted by atomic mass is 9.82. The minimum atomic E-state index is -0.820. The maximum Gasteiger partial charge on any atom is 0.343 e. The highest BCUT2D eigenvalue weighted by Crippen LogP contribution is 2.35. The van der Waals surface area contributed by atoms with Gasteiger partial charge in [-0.1, -0.05) is 19.7 Å². The van der Waals surface area contributed by atoms with Gasteiger partial charge in [-0.05, 0) is 150 Å². The number of hydrogen-bond acceptors (Lipinski definition) is 19. The summed E-state index contributed by atoms with van der Waals surface area (Å²) >= 11 is 0. The molecule has 0 aliphatic heterocycles. The molecule has 0 bridgehead atoms. The Hall–Kier alpha value is -8.29. The van der Waals surface area contributed by atoms with Crippen LogP contribution in [0.4, 0.5) is 5.69 Å². The molecule has 0 aromatic heterocycles. The normalized spacial score (nSPS) is 13.6. The van der Waals surface area contributed by atoms with Gasteiger partial charge in [0.1, 0.15) is 53.3 Å². The number of esters is 6. The Morgan fingerprint density at radius 3 is 1.63 bits per heavy atom. The Bertz CT molecular complexity index is 2490. The monoisotopic (exact) mass is 1080 g/mol. The van der Waals surface area contributed by atoms with Crippen LogP contribution >= 0.6 is 0 Å². The second-order valence-electron chi connectivity index (χ2n) is 17.4. The SMILES string of the molecule is C=CC(=O)OCCCCNc1ccc(C(=O)Oc2ccc(OC(=O)C3CCC(C(=N)Oc4ccc(OC(=O)c5ccc(OCCCCOC(=O)C=C)cc5)c(C(=C)OCCOCC)c4)CC3)cc2C(=O)OCCOCC)cc1. The lowest BCUT2D eigenvalue weighted by Crippen LogP contribution is -2.30. The molecule has 78 heavy (non-hydrogen) atoms. The molecule has 0 amide bonds. The van der Waals surface area contributed by atoms with Crippen LogP contribution in [0.15, 0.2) is 117 Å². The highest BCUT2D eigenvalue weighted by molar-refractivity contribution is 5.97. The Morgan fingerprint density at radius 1 is 0.538 bits per heavy atom. The molecule has 416 valence electrons. The predicted molar refractivity (Wildman–Crippen MR) is 288 cm³/mol. The minimum Gasteiger partial charge on any atom is -0.494 e. The summed E-state index contributed by atoms with van der Waals surface area (Å²) in [6.07, 6.45) is 6.51. The summed E-state index contributed by atoms with van der Waals surface area (Å²) in [6.45, 7) is 17.4. The molecule has 1 saturated carbocycles. The molecule has 1 fully saturated rings. The van der Waals surface area contributed by atoms with Gasteiger partial charge in [0.2, 0.25) is 0 Å². The van der Waals surface area contributed by atoms with Crippen molar-refractivity contribution in [1.29, 1.82) is 5.41 Å². The third-order valence-electron chi connectivity index (χ3n) is 11.8. The van der Waals surface area contributed by atoms with Gasteiger partial charge in [0.05, 0.1) is 55.6 Å². The summed E-state index contributed by atoms with van der Waals surface area (Å²) in [5, 5.41) is 12.1. The molecular formula is C59H68N2O17. The Labute approximate surface area is 454 Å². The van der Waals surface area contributed by atoms with E-state index in [-0.39, 0.29) is 90.3 Å². The van der Waals surface area contributed by atoms with Crippen molar-refractivity contribution in [1.82, 2.24) is 0 Å². The van der Waals surface area contributed by atoms with Gasteiger partial charge >= 0.3 is 35.8 Å². The van der Waals surface area contributed by atoms with Crippen LogP contribution in [0.3, 0.4) is 0 Å². The lowest BCUT2D eigenvalue weighted by molar-refractivity contribution is -0.140. The van der Waals surface area contributed by atoms with Gasteiger partial charge < -0.3 is 57.4 Å². The number of nitrogens with one attached hydrogen (secondary N) is 2. The van der Waals surface area contributed by atoms with Gasteiger partial charge in [0.25, 0.3) is 0 Å². The molecule has 2 N–H and O–H groups in total. The third kappa shape index (κ3) is 20.3. The first-order valence-corrected chi connectivity index (χ1v) is 25.8. The van der Waals surface area contributed by atoms with E-state index in [4.69, 9.17) is 57.5 Å². The maximum atomic E-state index is 13.6. The fraction of sp³-hybridized carbons (Fsp3) is 0.373. The molecular weight excluding hydrogens is 1010 g/mol. The van der Waals surface area contributed by atoms with Crippen molar-refractivity contribution in [2.75, 3.05) is 71.3 Å². The first-order chi connectivity index (χ1) is 37.8. The maximum absolute atomic E-state index is 13.6. The summed E-state index contributed by atoms with van der Waals surface area (Å²) < 4.78 is 61.0. The van der Waals surface area contributed by atoms with Crippen LogP contribution in [0.25, 0.3) is 5.76 Å². The predicted octanol–water partition coefficient (Wildman–Crippen LogP) is 9.92. The summed E-state index contributed by atoms with van der Waals surface area (Å²) in [5.74, 6) is -3.50. The average Bonchev–Trinajstić information content (AvgIpc) is 3.46. The van der Waals surface area contributed by atoms with Gasteiger partial charge in [-0.15, -0.1) is 0 Å². The average molecular weight is 1080 g/mol. The van der Waals surface area contributed by atoms with Crippen LogP contribution in [0.5, 0.6) is 28.7 Å². The summed E-state index contributed by atoms with van der Waals surface area (Å²) in [7, 11) is 0. The van der Waals surface area contributed by atoms with Crippen LogP contribution in [-0.2, 0) is 42.8 Å². The van der Waals surface area contributed by atoms with E-state index >= 15 is 0 Å². The summed E-state index contributed by atoms with van der Waals surface area (Å²) in [5.41, 5.74) is 1.40. The van der Waals surface area contributed by atoms with E-state index in [0.29, 0.717) is 89.2 Å². The number of carbonyl (C=O) groups excluding carboxylic acids is 6. The van der Waals surface area contributed by atoms with E-state index in [9.17, 15) is 28.8 Å². The van der Waals surface area contributed by atoms with E-state index in [2.05, 4.69) is 25.1 Å². The molecule has 1 aliphatic rings. The quantitative estimate of drug-likeness (QED) is 0.00659. The molecule has 0 radical (unpaired) electrons. The standard InChI is InChI=1S/C59H68N2O17/c1-6-53(62)72-32-11-10-30-61-45-22-18-43(19-23-45)57(65)78-52-29-27-48(39-50(52)59(67)74-37-35-69-9-4)76-56(64)42-16-14-41(15-17-42)55(60)75-47-26-28-51(49(38-47)40(5)70-36-34-68-8-3)77-58(66)44-20-24-46(25-21-44)71-31-12-13-33-73-54(63)7-2/h6-7,18-29,38-39,41-42,60-61H,1-2,5,8-17,30-37H2,3-4H3. The van der Waals surface area contributed by atoms with E-state index in [1.807, 2.05) is 6.92 Å². The molecule has 0 unspecified atom stereocenters. The van der Waals surface area contributed by atoms with Crippen LogP contribution in [0.2, 0.25) is 0 Å². The van der Waals surface area contributed by atoms with E-state index < -0.39 is 41.7 Å². The minimum absolute atomic E-state index is 0.0264. The fourth-order valence-corrected chi connectivity index (χ4v) is 7.61. The number of unbranched alkanes of at least 4 members (excludes halogenated alkanes) is 2. The van der Waals surface area contributed by atoms with E-state index in [1.54, 1.807) is 67.6 Å². The van der Waals surface area contributed by atoms with Crippen molar-refractivity contribution in [3.63, 3.8) is 0 Å². The molecule has 0 spiro atoms. The Balaban J connectivity index is 1.16. The highest BCUT2D eigenvalue weighted by atomic mass is 16.6. The van der Waals surface area contributed by atoms with Crippen molar-refractivity contribution in [3.8, 4) is 28.7 Å². The zero-order valence-electron chi connectivity index (χ0n) is 44.2. The first-order valence-electron chi connectivity index (χ1n) is 25.8. The largest absolute Gasteiger partial charge is 0.494 e. The number of hydrogen-bond donors (Lipinski definition) is 2. The highest BCUT2D eigenvalue weighted by Gasteiger charge is 2.31. The molecule has 4 aromatic rings. The second-order valence-corrected chi connectivity index (χ2v) is 17.4. The summed E-state index contributed by atoms with van der Waals surface area (Å²) in [4.78, 5) is 76.0. The van der Waals surface area contributed by atoms with Crippen molar-refractivity contribution in [2.24, 2.45) is 11.8 Å². The zero-order chi connectivity index (χ0) is 56.1. The molecule has 0 heterocycles. The van der Waals surface area contributed by atoms with Crippen LogP contribution < -0.4 is 29.0 Å². The van der Waals surface area contributed by atoms with Crippen LogP contribution in [-0.4, -0.2) is 108 Å². The van der Waals surface area contributed by atoms with Gasteiger partial charge in [-0.3, -0.25) is 10.2 Å². The lowest BCUT2D eigenvalue weighted by Gasteiger charge is -2.27. The van der Waals surface area contributed by atoms with Gasteiger partial charge in [-0.2, -0.15) is 0 Å². The number of benzene rings is 4. The molecule has 5 rings (SSSR count). The molecule has 0 atom stereocenters. The van der Waals surface area contributed by atoms with E-state index in [1.165, 1.54) is 24.3 Å². The van der Waals surface area contributed by atoms with Crippen molar-refractivity contribution >= 4 is 53.2 Å². The van der Waals surface area contributed by atoms with Crippen molar-refractivity contribution in [3.05, 3.63) is 139 Å². The molecule has 4 aromatic carbocycles. The number of anilines is 1. The smallest absolute Gasteiger partial charge is 0.343 e. The Kier molecular flexibility index (Phi) is 25.6. The van der Waals surface area contributed by atoms with E-state index in [0.717, 1.165) is 24.3 Å². The molecule has 19 heteroatoms.